The summed E-state index contributed by atoms with van der Waals surface area (Å²) in [6, 6.07) is 21.7. The monoisotopic (exact) mass is 456 g/mol. The highest BCUT2D eigenvalue weighted by Crippen LogP contribution is 2.35. The zero-order valence-corrected chi connectivity index (χ0v) is 20.8. The molecule has 5 nitrogen and oxygen atoms in total. The largest absolute Gasteiger partial charge is 0.378 e. The van der Waals surface area contributed by atoms with E-state index >= 15 is 0 Å². The molecular formula is C29H36N4O. The summed E-state index contributed by atoms with van der Waals surface area (Å²) < 4.78 is 0. The van der Waals surface area contributed by atoms with Crippen LogP contribution >= 0.6 is 0 Å². The number of amides is 1. The Morgan fingerprint density at radius 1 is 1.00 bits per heavy atom. The van der Waals surface area contributed by atoms with E-state index in [1.54, 1.807) is 13.1 Å². The van der Waals surface area contributed by atoms with Crippen molar-refractivity contribution in [3.8, 4) is 0 Å². The normalized spacial score (nSPS) is 18.1. The molecule has 0 saturated carbocycles. The number of aryl methyl sites for hydroxylation is 1. The minimum atomic E-state index is 0.115. The van der Waals surface area contributed by atoms with Gasteiger partial charge in [-0.3, -0.25) is 14.7 Å². The number of hydrogen-bond donors (Lipinski definition) is 0. The van der Waals surface area contributed by atoms with Crippen molar-refractivity contribution in [3.63, 3.8) is 0 Å². The second-order valence-electron chi connectivity index (χ2n) is 9.79. The zero-order chi connectivity index (χ0) is 24.1. The van der Waals surface area contributed by atoms with E-state index in [1.807, 2.05) is 23.2 Å². The highest BCUT2D eigenvalue weighted by Gasteiger charge is 2.35. The van der Waals surface area contributed by atoms with E-state index in [9.17, 15) is 4.79 Å². The van der Waals surface area contributed by atoms with E-state index in [0.717, 1.165) is 31.7 Å². The van der Waals surface area contributed by atoms with Crippen molar-refractivity contribution in [3.05, 3.63) is 95.3 Å². The Balaban J connectivity index is 1.52. The van der Waals surface area contributed by atoms with Gasteiger partial charge in [0, 0.05) is 77.7 Å². The van der Waals surface area contributed by atoms with Gasteiger partial charge >= 0.3 is 0 Å². The molecule has 1 aromatic heterocycles. The number of likely N-dealkylation sites (tertiary alicyclic amines) is 1. The highest BCUT2D eigenvalue weighted by atomic mass is 16.2. The Hall–Kier alpha value is -3.18. The third-order valence-electron chi connectivity index (χ3n) is 6.88. The SMILES string of the molecule is CC(=O)N(Cc1cccnc1)CC1CN(Cc2ccc(N(C)C)cc2)CC1c1ccc(C)cc1. The molecule has 2 aromatic carbocycles. The van der Waals surface area contributed by atoms with Gasteiger partial charge in [-0.05, 0) is 47.7 Å². The van der Waals surface area contributed by atoms with E-state index in [4.69, 9.17) is 0 Å². The van der Waals surface area contributed by atoms with Crippen LogP contribution in [0.15, 0.2) is 73.1 Å². The second kappa shape index (κ2) is 10.8. The lowest BCUT2D eigenvalue weighted by Gasteiger charge is -2.28. The molecule has 3 aromatic rings. The average molecular weight is 457 g/mol. The molecule has 1 fully saturated rings. The molecule has 178 valence electrons. The molecule has 2 atom stereocenters. The van der Waals surface area contributed by atoms with E-state index in [-0.39, 0.29) is 5.91 Å². The number of aromatic nitrogens is 1. The summed E-state index contributed by atoms with van der Waals surface area (Å²) in [5.74, 6) is 0.894. The molecule has 1 saturated heterocycles. The lowest BCUT2D eigenvalue weighted by atomic mass is 9.88. The first-order valence-electron chi connectivity index (χ1n) is 12.1. The molecule has 0 bridgehead atoms. The lowest BCUT2D eigenvalue weighted by Crippen LogP contribution is -2.35. The minimum absolute atomic E-state index is 0.115. The Morgan fingerprint density at radius 2 is 1.74 bits per heavy atom. The smallest absolute Gasteiger partial charge is 0.219 e. The Bertz CT molecular complexity index is 1060. The lowest BCUT2D eigenvalue weighted by molar-refractivity contribution is -0.130. The fraction of sp³-hybridized carbons (Fsp3) is 0.379. The maximum Gasteiger partial charge on any atom is 0.219 e. The van der Waals surface area contributed by atoms with Gasteiger partial charge in [0.2, 0.25) is 5.91 Å². The summed E-state index contributed by atoms with van der Waals surface area (Å²) in [6.45, 7) is 8.06. The molecular weight excluding hydrogens is 420 g/mol. The van der Waals surface area contributed by atoms with Gasteiger partial charge in [-0.25, -0.2) is 0 Å². The van der Waals surface area contributed by atoms with Gasteiger partial charge in [0.25, 0.3) is 0 Å². The van der Waals surface area contributed by atoms with Crippen molar-refractivity contribution in [2.45, 2.75) is 32.9 Å². The number of nitrogens with zero attached hydrogens (tertiary/aromatic N) is 4. The van der Waals surface area contributed by atoms with Crippen LogP contribution in [0.1, 0.15) is 35.1 Å². The summed E-state index contributed by atoms with van der Waals surface area (Å²) in [5, 5.41) is 0. The van der Waals surface area contributed by atoms with E-state index in [0.29, 0.717) is 18.4 Å². The van der Waals surface area contributed by atoms with Gasteiger partial charge in [0.05, 0.1) is 0 Å². The summed E-state index contributed by atoms with van der Waals surface area (Å²) in [7, 11) is 4.14. The van der Waals surface area contributed by atoms with Gasteiger partial charge in [0.1, 0.15) is 0 Å². The van der Waals surface area contributed by atoms with Crippen molar-refractivity contribution in [1.82, 2.24) is 14.8 Å². The van der Waals surface area contributed by atoms with Crippen LogP contribution in [0.25, 0.3) is 0 Å². The molecule has 1 aliphatic rings. The Labute approximate surface area is 204 Å². The van der Waals surface area contributed by atoms with Crippen LogP contribution in [0.2, 0.25) is 0 Å². The van der Waals surface area contributed by atoms with Gasteiger partial charge in [-0.2, -0.15) is 0 Å². The van der Waals surface area contributed by atoms with Crippen LogP contribution in [0.3, 0.4) is 0 Å². The van der Waals surface area contributed by atoms with Crippen LogP contribution in [0.5, 0.6) is 0 Å². The third kappa shape index (κ3) is 6.03. The van der Waals surface area contributed by atoms with E-state index < -0.39 is 0 Å². The van der Waals surface area contributed by atoms with Gasteiger partial charge in [0.15, 0.2) is 0 Å². The predicted octanol–water partition coefficient (Wildman–Crippen LogP) is 4.72. The molecule has 0 spiro atoms. The second-order valence-corrected chi connectivity index (χ2v) is 9.79. The quantitative estimate of drug-likeness (QED) is 0.492. The molecule has 5 heteroatoms. The van der Waals surface area contributed by atoms with Crippen LogP contribution in [-0.4, -0.2) is 54.4 Å². The topological polar surface area (TPSA) is 39.7 Å². The molecule has 1 aliphatic heterocycles. The first-order valence-corrected chi connectivity index (χ1v) is 12.1. The fourth-order valence-corrected chi connectivity index (χ4v) is 4.92. The third-order valence-corrected chi connectivity index (χ3v) is 6.88. The van der Waals surface area contributed by atoms with Crippen LogP contribution < -0.4 is 4.90 Å². The summed E-state index contributed by atoms with van der Waals surface area (Å²) in [5.41, 5.74) is 6.25. The average Bonchev–Trinajstić information content (AvgIpc) is 3.22. The van der Waals surface area contributed by atoms with Crippen molar-refractivity contribution < 1.29 is 4.79 Å². The molecule has 0 N–H and O–H groups in total. The first kappa shape index (κ1) is 24.0. The molecule has 2 unspecified atom stereocenters. The Morgan fingerprint density at radius 3 is 2.35 bits per heavy atom. The molecule has 0 aliphatic carbocycles. The Kier molecular flexibility index (Phi) is 7.63. The van der Waals surface area contributed by atoms with E-state index in [1.165, 1.54) is 22.4 Å². The van der Waals surface area contributed by atoms with Gasteiger partial charge in [-0.1, -0.05) is 48.0 Å². The van der Waals surface area contributed by atoms with Crippen LogP contribution in [0.4, 0.5) is 5.69 Å². The minimum Gasteiger partial charge on any atom is -0.378 e. The summed E-state index contributed by atoms with van der Waals surface area (Å²) >= 11 is 0. The maximum atomic E-state index is 12.6. The molecule has 2 heterocycles. The highest BCUT2D eigenvalue weighted by molar-refractivity contribution is 5.73. The molecule has 34 heavy (non-hydrogen) atoms. The number of benzene rings is 2. The van der Waals surface area contributed by atoms with Crippen LogP contribution in [-0.2, 0) is 17.9 Å². The zero-order valence-electron chi connectivity index (χ0n) is 20.8. The molecule has 4 rings (SSSR count). The maximum absolute atomic E-state index is 12.6. The van der Waals surface area contributed by atoms with Crippen LogP contribution in [0, 0.1) is 12.8 Å². The number of carbonyl (C=O) groups is 1. The fourth-order valence-electron chi connectivity index (χ4n) is 4.92. The van der Waals surface area contributed by atoms with Crippen molar-refractivity contribution in [1.29, 1.82) is 0 Å². The standard InChI is InChI=1S/C29H36N4O/c1-22-7-11-26(12-8-22)29-21-32(17-24-9-13-28(14-10-24)31(3)4)19-27(29)20-33(23(2)34)18-25-6-5-15-30-16-25/h5-16,27,29H,17-21H2,1-4H3. The van der Waals surface area contributed by atoms with E-state index in [2.05, 4.69) is 84.3 Å². The number of hydrogen-bond acceptors (Lipinski definition) is 4. The molecule has 0 radical (unpaired) electrons. The first-order chi connectivity index (χ1) is 16.4. The number of rotatable bonds is 8. The molecule has 1 amide bonds. The predicted molar refractivity (Wildman–Crippen MR) is 139 cm³/mol. The van der Waals surface area contributed by atoms with Gasteiger partial charge in [-0.15, -0.1) is 0 Å². The number of anilines is 1. The van der Waals surface area contributed by atoms with Crippen molar-refractivity contribution in [2.75, 3.05) is 38.6 Å². The van der Waals surface area contributed by atoms with Crippen molar-refractivity contribution in [2.24, 2.45) is 5.92 Å². The van der Waals surface area contributed by atoms with Crippen molar-refractivity contribution >= 4 is 11.6 Å². The summed E-state index contributed by atoms with van der Waals surface area (Å²) in [6.07, 6.45) is 3.63. The summed E-state index contributed by atoms with van der Waals surface area (Å²) in [4.78, 5) is 23.5. The van der Waals surface area contributed by atoms with Gasteiger partial charge < -0.3 is 9.80 Å². The number of carbonyl (C=O) groups excluding carboxylic acids is 1. The number of pyridine rings is 1.